The normalized spacial score (nSPS) is 21.9. The lowest BCUT2D eigenvalue weighted by atomic mass is 9.91. The van der Waals surface area contributed by atoms with E-state index in [1.807, 2.05) is 61.2 Å². The van der Waals surface area contributed by atoms with E-state index in [9.17, 15) is 9.59 Å². The van der Waals surface area contributed by atoms with E-state index in [-0.39, 0.29) is 24.5 Å². The van der Waals surface area contributed by atoms with E-state index in [4.69, 9.17) is 9.47 Å². The number of carbonyl (C=O) groups is 2. The van der Waals surface area contributed by atoms with Gasteiger partial charge in [-0.15, -0.1) is 0 Å². The highest BCUT2D eigenvalue weighted by molar-refractivity contribution is 6.01. The third-order valence-corrected chi connectivity index (χ3v) is 6.26. The molecular formula is C25H30N2O4. The lowest BCUT2D eigenvalue weighted by Gasteiger charge is -2.35. The molecule has 6 nitrogen and oxygen atoms in total. The Bertz CT molecular complexity index is 1000. The Kier molecular flexibility index (Phi) is 5.75. The second-order valence-electron chi connectivity index (χ2n) is 8.63. The first kappa shape index (κ1) is 21.4. The summed E-state index contributed by atoms with van der Waals surface area (Å²) >= 11 is 0. The summed E-state index contributed by atoms with van der Waals surface area (Å²) in [5.74, 6) is 0.292. The van der Waals surface area contributed by atoms with Crippen LogP contribution in [0.4, 0.5) is 4.79 Å². The van der Waals surface area contributed by atoms with Crippen molar-refractivity contribution in [2.45, 2.75) is 52.5 Å². The van der Waals surface area contributed by atoms with Gasteiger partial charge in [0, 0.05) is 23.2 Å². The number of aryl methyl sites for hydroxylation is 1. The largest absolute Gasteiger partial charge is 0.445 e. The highest BCUT2D eigenvalue weighted by atomic mass is 16.5. The molecule has 2 unspecified atom stereocenters. The van der Waals surface area contributed by atoms with Gasteiger partial charge in [-0.25, -0.2) is 4.79 Å². The van der Waals surface area contributed by atoms with Crippen LogP contribution >= 0.6 is 0 Å². The number of hydrogen-bond donors (Lipinski definition) is 1. The zero-order valence-corrected chi connectivity index (χ0v) is 18.6. The molecular weight excluding hydrogens is 392 g/mol. The van der Waals surface area contributed by atoms with Crippen LogP contribution in [0.5, 0.6) is 0 Å². The molecule has 2 aliphatic heterocycles. The minimum absolute atomic E-state index is 0.00507. The molecule has 2 heterocycles. The summed E-state index contributed by atoms with van der Waals surface area (Å²) < 4.78 is 11.8. The molecule has 0 bridgehead atoms. The van der Waals surface area contributed by atoms with E-state index < -0.39 is 11.8 Å². The number of hydrogen-bond acceptors (Lipinski definition) is 4. The maximum atomic E-state index is 13.4. The summed E-state index contributed by atoms with van der Waals surface area (Å²) in [5, 5.41) is 2.71. The van der Waals surface area contributed by atoms with Crippen molar-refractivity contribution in [3.63, 3.8) is 0 Å². The van der Waals surface area contributed by atoms with Crippen molar-refractivity contribution in [1.29, 1.82) is 0 Å². The van der Waals surface area contributed by atoms with E-state index in [2.05, 4.69) is 19.2 Å². The van der Waals surface area contributed by atoms with E-state index in [1.165, 1.54) is 0 Å². The van der Waals surface area contributed by atoms with Gasteiger partial charge >= 0.3 is 6.09 Å². The Labute approximate surface area is 183 Å². The number of rotatable bonds is 6. The number of fused-ring (bicyclic) bond motifs is 3. The lowest BCUT2D eigenvalue weighted by molar-refractivity contribution is -0.0333. The minimum atomic E-state index is -0.911. The Morgan fingerprint density at radius 1 is 1.29 bits per heavy atom. The smallest absolute Gasteiger partial charge is 0.407 e. The van der Waals surface area contributed by atoms with Gasteiger partial charge in [0.1, 0.15) is 6.61 Å². The fourth-order valence-corrected chi connectivity index (χ4v) is 4.54. The zero-order valence-electron chi connectivity index (χ0n) is 18.6. The number of carbonyl (C=O) groups excluding carboxylic acids is 2. The van der Waals surface area contributed by atoms with Gasteiger partial charge in [0.25, 0.3) is 5.91 Å². The molecule has 2 aromatic rings. The predicted molar refractivity (Wildman–Crippen MR) is 118 cm³/mol. The summed E-state index contributed by atoms with van der Waals surface area (Å²) in [6.07, 6.45) is 0.447. The molecule has 0 saturated carbocycles. The first-order chi connectivity index (χ1) is 14.9. The average Bonchev–Trinajstić information content (AvgIpc) is 3.27. The Morgan fingerprint density at radius 3 is 2.77 bits per heavy atom. The first-order valence-corrected chi connectivity index (χ1v) is 11.0. The van der Waals surface area contributed by atoms with Crippen molar-refractivity contribution >= 4 is 12.0 Å². The zero-order chi connectivity index (χ0) is 22.2. The molecule has 2 amide bonds. The van der Waals surface area contributed by atoms with Crippen molar-refractivity contribution in [1.82, 2.24) is 10.2 Å². The number of amides is 2. The standard InChI is InChI=1S/C25H30N2O4/c1-5-12-26-24(29)30-14-18-10-11-19(13-17(18)4)25-21-9-7-6-8-20(21)23(28)27(25)22(15-31-25)16(2)3/h6-11,13,16,22H,5,12,14-15H2,1-4H3,(H,26,29). The van der Waals surface area contributed by atoms with Gasteiger partial charge in [0.15, 0.2) is 5.72 Å². The summed E-state index contributed by atoms with van der Waals surface area (Å²) in [5.41, 5.74) is 3.52. The minimum Gasteiger partial charge on any atom is -0.445 e. The summed E-state index contributed by atoms with van der Waals surface area (Å²) in [4.78, 5) is 27.1. The van der Waals surface area contributed by atoms with Crippen molar-refractivity contribution in [3.8, 4) is 0 Å². The van der Waals surface area contributed by atoms with Gasteiger partial charge in [-0.2, -0.15) is 0 Å². The Morgan fingerprint density at radius 2 is 2.06 bits per heavy atom. The third kappa shape index (κ3) is 3.49. The maximum absolute atomic E-state index is 13.4. The lowest BCUT2D eigenvalue weighted by Crippen LogP contribution is -2.46. The number of nitrogens with one attached hydrogen (secondary N) is 1. The van der Waals surface area contributed by atoms with Gasteiger partial charge in [-0.1, -0.05) is 57.2 Å². The van der Waals surface area contributed by atoms with E-state index in [0.29, 0.717) is 18.7 Å². The second-order valence-corrected chi connectivity index (χ2v) is 8.63. The van der Waals surface area contributed by atoms with E-state index in [1.54, 1.807) is 0 Å². The van der Waals surface area contributed by atoms with Crippen LogP contribution in [0, 0.1) is 12.8 Å². The van der Waals surface area contributed by atoms with Gasteiger partial charge in [0.2, 0.25) is 0 Å². The van der Waals surface area contributed by atoms with Gasteiger partial charge in [-0.3, -0.25) is 9.69 Å². The molecule has 164 valence electrons. The van der Waals surface area contributed by atoms with Gasteiger partial charge < -0.3 is 14.8 Å². The number of ether oxygens (including phenoxy) is 2. The topological polar surface area (TPSA) is 67.9 Å². The van der Waals surface area contributed by atoms with Crippen LogP contribution in [0.25, 0.3) is 0 Å². The molecule has 1 fully saturated rings. The molecule has 31 heavy (non-hydrogen) atoms. The van der Waals surface area contributed by atoms with E-state index >= 15 is 0 Å². The molecule has 2 atom stereocenters. The van der Waals surface area contributed by atoms with Crippen molar-refractivity contribution in [2.75, 3.05) is 13.2 Å². The van der Waals surface area contributed by atoms with Crippen LogP contribution in [0.2, 0.25) is 0 Å². The van der Waals surface area contributed by atoms with Crippen LogP contribution < -0.4 is 5.32 Å². The molecule has 0 aliphatic carbocycles. The quantitative estimate of drug-likeness (QED) is 0.752. The SMILES string of the molecule is CCCNC(=O)OCc1ccc(C23OCC(C(C)C)N2C(=O)c2ccccc23)cc1C. The predicted octanol–water partition coefficient (Wildman–Crippen LogP) is 4.34. The Balaban J connectivity index is 1.68. The van der Waals surface area contributed by atoms with Crippen LogP contribution in [0.1, 0.15) is 59.8 Å². The monoisotopic (exact) mass is 422 g/mol. The number of benzene rings is 2. The first-order valence-electron chi connectivity index (χ1n) is 11.0. The second kappa shape index (κ2) is 8.35. The molecule has 0 radical (unpaired) electrons. The molecule has 6 heteroatoms. The molecule has 2 aliphatic rings. The summed E-state index contributed by atoms with van der Waals surface area (Å²) in [7, 11) is 0. The van der Waals surface area contributed by atoms with Crippen molar-refractivity contribution in [2.24, 2.45) is 5.92 Å². The van der Waals surface area contributed by atoms with Gasteiger partial charge in [-0.05, 0) is 36.5 Å². The fraction of sp³-hybridized carbons (Fsp3) is 0.440. The summed E-state index contributed by atoms with van der Waals surface area (Å²) in [6.45, 7) is 9.52. The maximum Gasteiger partial charge on any atom is 0.407 e. The van der Waals surface area contributed by atoms with E-state index in [0.717, 1.165) is 28.7 Å². The summed E-state index contributed by atoms with van der Waals surface area (Å²) in [6, 6.07) is 13.7. The molecule has 2 aromatic carbocycles. The molecule has 1 N–H and O–H groups in total. The highest BCUT2D eigenvalue weighted by Crippen LogP contribution is 2.51. The van der Waals surface area contributed by atoms with Crippen LogP contribution in [-0.4, -0.2) is 36.1 Å². The Hall–Kier alpha value is -2.86. The molecule has 4 rings (SSSR count). The van der Waals surface area contributed by atoms with Crippen molar-refractivity contribution in [3.05, 3.63) is 70.3 Å². The van der Waals surface area contributed by atoms with Gasteiger partial charge in [0.05, 0.1) is 12.6 Å². The molecule has 0 aromatic heterocycles. The van der Waals surface area contributed by atoms with Crippen LogP contribution in [-0.2, 0) is 21.8 Å². The van der Waals surface area contributed by atoms with Crippen LogP contribution in [0.3, 0.4) is 0 Å². The highest BCUT2D eigenvalue weighted by Gasteiger charge is 2.59. The van der Waals surface area contributed by atoms with Crippen LogP contribution in [0.15, 0.2) is 42.5 Å². The molecule has 1 saturated heterocycles. The number of alkyl carbamates (subject to hydrolysis) is 1. The number of nitrogens with zero attached hydrogens (tertiary/aromatic N) is 1. The fourth-order valence-electron chi connectivity index (χ4n) is 4.54. The molecule has 0 spiro atoms. The van der Waals surface area contributed by atoms with Crippen molar-refractivity contribution < 1.29 is 19.1 Å². The average molecular weight is 423 g/mol. The third-order valence-electron chi connectivity index (χ3n) is 6.26.